The van der Waals surface area contributed by atoms with E-state index in [4.69, 9.17) is 21.1 Å². The van der Waals surface area contributed by atoms with Gasteiger partial charge in [0, 0.05) is 6.54 Å². The van der Waals surface area contributed by atoms with Crippen molar-refractivity contribution in [3.63, 3.8) is 0 Å². The molecule has 2 aromatic carbocycles. The molecule has 0 spiro atoms. The van der Waals surface area contributed by atoms with Gasteiger partial charge in [0.25, 0.3) is 5.91 Å². The number of rotatable bonds is 7. The van der Waals surface area contributed by atoms with Crippen molar-refractivity contribution in [2.45, 2.75) is 13.8 Å². The standard InChI is InChI=1S/C22H19BrClFN2O4S/c1-3-27-21(29)18(32-22(27)26-15-7-5-14(25)6-8-15)11-13-9-16(23)20(17(24)10-13)31-12-19(28)30-4-2/h5-11H,3-4,12H2,1-2H3/b18-11+,26-22?. The SMILES string of the molecule is CCOC(=O)COc1c(Cl)cc(/C=C2/SC(=Nc3ccc(F)cc3)N(CC)C2=O)cc1Br. The van der Waals surface area contributed by atoms with Crippen LogP contribution in [0, 0.1) is 5.82 Å². The molecule has 1 saturated heterocycles. The summed E-state index contributed by atoms with van der Waals surface area (Å²) < 4.78 is 24.0. The van der Waals surface area contributed by atoms with E-state index in [2.05, 4.69) is 20.9 Å². The molecule has 0 radical (unpaired) electrons. The van der Waals surface area contributed by atoms with Gasteiger partial charge >= 0.3 is 5.97 Å². The normalized spacial score (nSPS) is 16.2. The maximum Gasteiger partial charge on any atom is 0.344 e. The lowest BCUT2D eigenvalue weighted by Crippen LogP contribution is -2.28. The van der Waals surface area contributed by atoms with Crippen LogP contribution in [-0.4, -0.2) is 41.7 Å². The molecule has 32 heavy (non-hydrogen) atoms. The van der Waals surface area contributed by atoms with Crippen molar-refractivity contribution in [3.8, 4) is 5.75 Å². The van der Waals surface area contributed by atoms with Crippen LogP contribution in [0.25, 0.3) is 6.08 Å². The number of esters is 1. The van der Waals surface area contributed by atoms with Crippen molar-refractivity contribution in [1.29, 1.82) is 0 Å². The van der Waals surface area contributed by atoms with E-state index in [0.29, 0.717) is 38.1 Å². The first kappa shape index (κ1) is 24.3. The highest BCUT2D eigenvalue weighted by molar-refractivity contribution is 9.10. The molecule has 1 aliphatic heterocycles. The van der Waals surface area contributed by atoms with E-state index in [0.717, 1.165) is 0 Å². The van der Waals surface area contributed by atoms with Crippen molar-refractivity contribution in [3.05, 3.63) is 62.2 Å². The lowest BCUT2D eigenvalue weighted by molar-refractivity contribution is -0.145. The minimum Gasteiger partial charge on any atom is -0.479 e. The van der Waals surface area contributed by atoms with Crippen LogP contribution in [0.5, 0.6) is 5.75 Å². The molecule has 168 valence electrons. The minimum absolute atomic E-state index is 0.187. The van der Waals surface area contributed by atoms with E-state index in [1.165, 1.54) is 23.9 Å². The van der Waals surface area contributed by atoms with Crippen LogP contribution in [0.1, 0.15) is 19.4 Å². The highest BCUT2D eigenvalue weighted by Crippen LogP contribution is 2.38. The second-order valence-electron chi connectivity index (χ2n) is 6.44. The summed E-state index contributed by atoms with van der Waals surface area (Å²) in [6, 6.07) is 9.11. The Labute approximate surface area is 202 Å². The van der Waals surface area contributed by atoms with Gasteiger partial charge in [-0.1, -0.05) is 11.6 Å². The third kappa shape index (κ3) is 5.90. The molecule has 1 aliphatic rings. The molecule has 1 fully saturated rings. The topological polar surface area (TPSA) is 68.2 Å². The van der Waals surface area contributed by atoms with Crippen LogP contribution in [0.4, 0.5) is 10.1 Å². The fourth-order valence-electron chi connectivity index (χ4n) is 2.78. The number of halogens is 3. The van der Waals surface area contributed by atoms with Crippen LogP contribution in [0.3, 0.4) is 0 Å². The van der Waals surface area contributed by atoms with Crippen molar-refractivity contribution in [2.24, 2.45) is 4.99 Å². The van der Waals surface area contributed by atoms with Crippen LogP contribution in [-0.2, 0) is 14.3 Å². The Morgan fingerprint density at radius 1 is 1.28 bits per heavy atom. The minimum atomic E-state index is -0.498. The molecule has 0 aliphatic carbocycles. The summed E-state index contributed by atoms with van der Waals surface area (Å²) >= 11 is 10.9. The van der Waals surface area contributed by atoms with Crippen molar-refractivity contribution >= 4 is 68.1 Å². The summed E-state index contributed by atoms with van der Waals surface area (Å²) in [5.41, 5.74) is 1.22. The van der Waals surface area contributed by atoms with Gasteiger partial charge in [-0.3, -0.25) is 9.69 Å². The van der Waals surface area contributed by atoms with Crippen LogP contribution in [0.15, 0.2) is 50.8 Å². The van der Waals surface area contributed by atoms with Crippen molar-refractivity contribution in [2.75, 3.05) is 19.8 Å². The number of amidine groups is 1. The van der Waals surface area contributed by atoms with Crippen molar-refractivity contribution in [1.82, 2.24) is 4.90 Å². The zero-order valence-electron chi connectivity index (χ0n) is 17.2. The van der Waals surface area contributed by atoms with Gasteiger partial charge in [0.05, 0.1) is 26.7 Å². The molecule has 6 nitrogen and oxygen atoms in total. The van der Waals surface area contributed by atoms with E-state index in [-0.39, 0.29) is 30.0 Å². The number of likely N-dealkylation sites (N-methyl/N-ethyl adjacent to an activating group) is 1. The van der Waals surface area contributed by atoms with Gasteiger partial charge in [0.2, 0.25) is 0 Å². The van der Waals surface area contributed by atoms with Crippen LogP contribution >= 0.6 is 39.3 Å². The lowest BCUT2D eigenvalue weighted by atomic mass is 10.2. The number of nitrogens with zero attached hydrogens (tertiary/aromatic N) is 2. The molecule has 0 saturated carbocycles. The molecule has 1 amide bonds. The molecule has 0 atom stereocenters. The molecule has 0 unspecified atom stereocenters. The van der Waals surface area contributed by atoms with E-state index < -0.39 is 5.97 Å². The summed E-state index contributed by atoms with van der Waals surface area (Å²) in [5.74, 6) is -0.731. The number of carbonyl (C=O) groups excluding carboxylic acids is 2. The van der Waals surface area contributed by atoms with Gasteiger partial charge in [-0.25, -0.2) is 14.2 Å². The predicted molar refractivity (Wildman–Crippen MR) is 128 cm³/mol. The molecule has 1 heterocycles. The van der Waals surface area contributed by atoms with Gasteiger partial charge < -0.3 is 9.47 Å². The maximum absolute atomic E-state index is 13.2. The fourth-order valence-corrected chi connectivity index (χ4v) is 4.83. The van der Waals surface area contributed by atoms with E-state index in [1.54, 1.807) is 42.2 Å². The lowest BCUT2D eigenvalue weighted by Gasteiger charge is -2.12. The molecule has 0 N–H and O–H groups in total. The number of aliphatic imine (C=N–C) groups is 1. The van der Waals surface area contributed by atoms with Gasteiger partial charge in [-0.15, -0.1) is 0 Å². The Bertz CT molecular complexity index is 1070. The molecular formula is C22H19BrClFN2O4S. The van der Waals surface area contributed by atoms with Crippen LogP contribution in [0.2, 0.25) is 5.02 Å². The largest absolute Gasteiger partial charge is 0.479 e. The van der Waals surface area contributed by atoms with Gasteiger partial charge in [-0.05, 0) is 89.6 Å². The van der Waals surface area contributed by atoms with Crippen LogP contribution < -0.4 is 4.74 Å². The Hall–Kier alpha value is -2.36. The molecular weight excluding hydrogens is 523 g/mol. The molecule has 0 bridgehead atoms. The summed E-state index contributed by atoms with van der Waals surface area (Å²) in [7, 11) is 0. The average Bonchev–Trinajstić information content (AvgIpc) is 3.03. The summed E-state index contributed by atoms with van der Waals surface area (Å²) in [5, 5.41) is 0.786. The third-order valence-corrected chi connectivity index (χ3v) is 6.09. The molecule has 3 rings (SSSR count). The zero-order valence-corrected chi connectivity index (χ0v) is 20.4. The Morgan fingerprint density at radius 2 is 2.00 bits per heavy atom. The molecule has 10 heteroatoms. The summed E-state index contributed by atoms with van der Waals surface area (Å²) in [6.07, 6.45) is 1.70. The first-order valence-corrected chi connectivity index (χ1v) is 11.6. The highest BCUT2D eigenvalue weighted by Gasteiger charge is 2.32. The second kappa shape index (κ2) is 11.0. The summed E-state index contributed by atoms with van der Waals surface area (Å²) in [6.45, 7) is 3.99. The Kier molecular flexibility index (Phi) is 8.33. The number of carbonyl (C=O) groups is 2. The van der Waals surface area contributed by atoms with E-state index >= 15 is 0 Å². The monoisotopic (exact) mass is 540 g/mol. The number of hydrogen-bond acceptors (Lipinski definition) is 6. The second-order valence-corrected chi connectivity index (χ2v) is 8.71. The molecule has 0 aromatic heterocycles. The first-order valence-electron chi connectivity index (χ1n) is 9.65. The zero-order chi connectivity index (χ0) is 23.3. The average molecular weight is 542 g/mol. The Balaban J connectivity index is 1.83. The smallest absolute Gasteiger partial charge is 0.344 e. The predicted octanol–water partition coefficient (Wildman–Crippen LogP) is 5.81. The number of amides is 1. The first-order chi connectivity index (χ1) is 15.3. The van der Waals surface area contributed by atoms with E-state index in [1.807, 2.05) is 6.92 Å². The summed E-state index contributed by atoms with van der Waals surface area (Å²) in [4.78, 5) is 30.9. The highest BCUT2D eigenvalue weighted by atomic mass is 79.9. The number of ether oxygens (including phenoxy) is 2. The third-order valence-electron chi connectivity index (χ3n) is 4.21. The number of benzene rings is 2. The maximum atomic E-state index is 13.2. The van der Waals surface area contributed by atoms with E-state index in [9.17, 15) is 14.0 Å². The van der Waals surface area contributed by atoms with Gasteiger partial charge in [-0.2, -0.15) is 0 Å². The van der Waals surface area contributed by atoms with Gasteiger partial charge in [0.1, 0.15) is 5.82 Å². The number of hydrogen-bond donors (Lipinski definition) is 0. The quantitative estimate of drug-likeness (QED) is 0.327. The molecule has 2 aromatic rings. The Morgan fingerprint density at radius 3 is 2.62 bits per heavy atom. The van der Waals surface area contributed by atoms with Gasteiger partial charge in [0.15, 0.2) is 17.5 Å². The van der Waals surface area contributed by atoms with Crippen molar-refractivity contribution < 1.29 is 23.5 Å². The fraction of sp³-hybridized carbons (Fsp3) is 0.227. The number of thioether (sulfide) groups is 1.